The summed E-state index contributed by atoms with van der Waals surface area (Å²) in [4.78, 5) is 2.43. The molecule has 0 aromatic heterocycles. The van der Waals surface area contributed by atoms with E-state index < -0.39 is 0 Å². The monoisotopic (exact) mass is 296 g/mol. The van der Waals surface area contributed by atoms with Crippen LogP contribution in [0.3, 0.4) is 0 Å². The fourth-order valence-corrected chi connectivity index (χ4v) is 2.78. The number of benzene rings is 1. The van der Waals surface area contributed by atoms with Crippen LogP contribution >= 0.6 is 15.9 Å². The SMILES string of the molecule is Cc1cccc(NC2CCN(C)C(C)C2)c1Br. The number of anilines is 1. The van der Waals surface area contributed by atoms with E-state index in [2.05, 4.69) is 65.2 Å². The number of likely N-dealkylation sites (tertiary alicyclic amines) is 1. The Labute approximate surface area is 113 Å². The summed E-state index contributed by atoms with van der Waals surface area (Å²) in [5.74, 6) is 0. The molecule has 0 bridgehead atoms. The quantitative estimate of drug-likeness (QED) is 0.896. The van der Waals surface area contributed by atoms with Crippen LogP contribution in [0, 0.1) is 6.92 Å². The third-order valence-electron chi connectivity index (χ3n) is 3.76. The van der Waals surface area contributed by atoms with Gasteiger partial charge in [0.15, 0.2) is 0 Å². The lowest BCUT2D eigenvalue weighted by atomic mass is 9.98. The molecular weight excluding hydrogens is 276 g/mol. The van der Waals surface area contributed by atoms with Gasteiger partial charge in [0.25, 0.3) is 0 Å². The number of halogens is 1. The van der Waals surface area contributed by atoms with E-state index in [-0.39, 0.29) is 0 Å². The zero-order valence-electron chi connectivity index (χ0n) is 10.8. The highest BCUT2D eigenvalue weighted by Gasteiger charge is 2.22. The average Bonchev–Trinajstić information content (AvgIpc) is 2.30. The zero-order valence-corrected chi connectivity index (χ0v) is 12.4. The molecule has 1 N–H and O–H groups in total. The molecule has 17 heavy (non-hydrogen) atoms. The maximum Gasteiger partial charge on any atom is 0.0489 e. The van der Waals surface area contributed by atoms with Crippen molar-refractivity contribution in [2.24, 2.45) is 0 Å². The lowest BCUT2D eigenvalue weighted by Gasteiger charge is -2.36. The second-order valence-corrected chi connectivity index (χ2v) is 5.92. The minimum absolute atomic E-state index is 0.597. The van der Waals surface area contributed by atoms with E-state index in [1.165, 1.54) is 35.1 Å². The second-order valence-electron chi connectivity index (χ2n) is 5.13. The average molecular weight is 297 g/mol. The van der Waals surface area contributed by atoms with Crippen LogP contribution in [0.25, 0.3) is 0 Å². The maximum atomic E-state index is 3.67. The summed E-state index contributed by atoms with van der Waals surface area (Å²) in [7, 11) is 2.21. The van der Waals surface area contributed by atoms with E-state index in [1.807, 2.05) is 0 Å². The van der Waals surface area contributed by atoms with Gasteiger partial charge >= 0.3 is 0 Å². The molecule has 2 atom stereocenters. The molecule has 1 heterocycles. The van der Waals surface area contributed by atoms with Gasteiger partial charge < -0.3 is 10.2 Å². The van der Waals surface area contributed by atoms with Gasteiger partial charge in [-0.05, 0) is 61.3 Å². The maximum absolute atomic E-state index is 3.67. The third kappa shape index (κ3) is 3.02. The number of nitrogens with one attached hydrogen (secondary N) is 1. The fraction of sp³-hybridized carbons (Fsp3) is 0.571. The van der Waals surface area contributed by atoms with Crippen LogP contribution < -0.4 is 5.32 Å². The number of rotatable bonds is 2. The summed E-state index contributed by atoms with van der Waals surface area (Å²) in [6.45, 7) is 5.62. The van der Waals surface area contributed by atoms with Gasteiger partial charge in [0.1, 0.15) is 0 Å². The molecule has 0 radical (unpaired) electrons. The Kier molecular flexibility index (Phi) is 4.10. The van der Waals surface area contributed by atoms with Crippen molar-refractivity contribution in [1.29, 1.82) is 0 Å². The Morgan fingerprint density at radius 3 is 2.88 bits per heavy atom. The molecule has 1 fully saturated rings. The van der Waals surface area contributed by atoms with Gasteiger partial charge in [0.2, 0.25) is 0 Å². The summed E-state index contributed by atoms with van der Waals surface area (Å²) in [5.41, 5.74) is 2.52. The standard InChI is InChI=1S/C14H21BrN2/c1-10-5-4-6-13(14(10)15)16-12-7-8-17(3)11(2)9-12/h4-6,11-12,16H,7-9H2,1-3H3. The van der Waals surface area contributed by atoms with E-state index in [0.717, 1.165) is 0 Å². The Morgan fingerprint density at radius 2 is 2.18 bits per heavy atom. The van der Waals surface area contributed by atoms with Gasteiger partial charge in [0.05, 0.1) is 0 Å². The van der Waals surface area contributed by atoms with Crippen LogP contribution in [-0.4, -0.2) is 30.6 Å². The molecule has 0 amide bonds. The van der Waals surface area contributed by atoms with Crippen molar-refractivity contribution in [3.05, 3.63) is 28.2 Å². The second kappa shape index (κ2) is 5.40. The molecule has 1 aliphatic rings. The normalized spacial score (nSPS) is 25.9. The molecule has 0 saturated carbocycles. The zero-order chi connectivity index (χ0) is 12.4. The van der Waals surface area contributed by atoms with Crippen LogP contribution in [0.1, 0.15) is 25.3 Å². The predicted octanol–water partition coefficient (Wildman–Crippen LogP) is 3.65. The largest absolute Gasteiger partial charge is 0.381 e. The highest BCUT2D eigenvalue weighted by molar-refractivity contribution is 9.10. The highest BCUT2D eigenvalue weighted by Crippen LogP contribution is 2.28. The Hall–Kier alpha value is -0.540. The smallest absolute Gasteiger partial charge is 0.0489 e. The lowest BCUT2D eigenvalue weighted by molar-refractivity contribution is 0.190. The molecule has 0 spiro atoms. The molecule has 3 heteroatoms. The van der Waals surface area contributed by atoms with Crippen molar-refractivity contribution < 1.29 is 0 Å². The first-order chi connectivity index (χ1) is 8.08. The van der Waals surface area contributed by atoms with Crippen molar-refractivity contribution in [1.82, 2.24) is 4.90 Å². The van der Waals surface area contributed by atoms with Crippen LogP contribution in [0.4, 0.5) is 5.69 Å². The summed E-state index contributed by atoms with van der Waals surface area (Å²) in [5, 5.41) is 3.67. The lowest BCUT2D eigenvalue weighted by Crippen LogP contribution is -2.42. The van der Waals surface area contributed by atoms with Gasteiger partial charge in [-0.1, -0.05) is 12.1 Å². The van der Waals surface area contributed by atoms with Gasteiger partial charge in [0, 0.05) is 28.8 Å². The molecule has 1 saturated heterocycles. The summed E-state index contributed by atoms with van der Waals surface area (Å²) in [6, 6.07) is 7.66. The highest BCUT2D eigenvalue weighted by atomic mass is 79.9. The minimum Gasteiger partial charge on any atom is -0.381 e. The number of nitrogens with zero attached hydrogens (tertiary/aromatic N) is 1. The Morgan fingerprint density at radius 1 is 1.41 bits per heavy atom. The first-order valence-corrected chi connectivity index (χ1v) is 7.09. The van der Waals surface area contributed by atoms with Gasteiger partial charge in [-0.25, -0.2) is 0 Å². The molecule has 94 valence electrons. The van der Waals surface area contributed by atoms with E-state index in [1.54, 1.807) is 0 Å². The van der Waals surface area contributed by atoms with Crippen molar-refractivity contribution in [3.63, 3.8) is 0 Å². The summed E-state index contributed by atoms with van der Waals surface area (Å²) in [6.07, 6.45) is 2.44. The molecule has 1 aromatic rings. The predicted molar refractivity (Wildman–Crippen MR) is 77.6 cm³/mol. The summed E-state index contributed by atoms with van der Waals surface area (Å²) < 4.78 is 1.20. The molecule has 2 rings (SSSR count). The fourth-order valence-electron chi connectivity index (χ4n) is 2.40. The minimum atomic E-state index is 0.597. The molecule has 1 aliphatic heterocycles. The molecule has 0 aliphatic carbocycles. The Bertz CT molecular complexity index is 392. The van der Waals surface area contributed by atoms with Gasteiger partial charge in [-0.3, -0.25) is 0 Å². The summed E-state index contributed by atoms with van der Waals surface area (Å²) >= 11 is 3.66. The van der Waals surface area contributed by atoms with Crippen molar-refractivity contribution >= 4 is 21.6 Å². The van der Waals surface area contributed by atoms with Gasteiger partial charge in [-0.2, -0.15) is 0 Å². The van der Waals surface area contributed by atoms with Crippen LogP contribution in [0.5, 0.6) is 0 Å². The molecular formula is C14H21BrN2. The molecule has 2 nitrogen and oxygen atoms in total. The Balaban J connectivity index is 2.04. The van der Waals surface area contributed by atoms with Crippen LogP contribution in [0.15, 0.2) is 22.7 Å². The van der Waals surface area contributed by atoms with E-state index in [0.29, 0.717) is 12.1 Å². The van der Waals surface area contributed by atoms with Crippen LogP contribution in [-0.2, 0) is 0 Å². The first kappa shape index (κ1) is 12.9. The van der Waals surface area contributed by atoms with Crippen molar-refractivity contribution in [3.8, 4) is 0 Å². The molecule has 1 aromatic carbocycles. The number of piperidine rings is 1. The topological polar surface area (TPSA) is 15.3 Å². The van der Waals surface area contributed by atoms with Crippen molar-refractivity contribution in [2.45, 2.75) is 38.8 Å². The van der Waals surface area contributed by atoms with Crippen LogP contribution in [0.2, 0.25) is 0 Å². The first-order valence-electron chi connectivity index (χ1n) is 6.30. The van der Waals surface area contributed by atoms with Crippen molar-refractivity contribution in [2.75, 3.05) is 18.9 Å². The van der Waals surface area contributed by atoms with E-state index in [4.69, 9.17) is 0 Å². The third-order valence-corrected chi connectivity index (χ3v) is 4.81. The molecule has 2 unspecified atom stereocenters. The number of hydrogen-bond donors (Lipinski definition) is 1. The number of aryl methyl sites for hydroxylation is 1. The van der Waals surface area contributed by atoms with E-state index in [9.17, 15) is 0 Å². The van der Waals surface area contributed by atoms with Gasteiger partial charge in [-0.15, -0.1) is 0 Å². The number of hydrogen-bond acceptors (Lipinski definition) is 2. The van der Waals surface area contributed by atoms with E-state index >= 15 is 0 Å².